The monoisotopic (exact) mass is 356 g/mol. The minimum Gasteiger partial charge on any atom is -0.493 e. The number of rotatable bonds is 7. The van der Waals surface area contributed by atoms with E-state index in [4.69, 9.17) is 9.47 Å². The van der Waals surface area contributed by atoms with Crippen LogP contribution >= 0.6 is 0 Å². The molecule has 1 amide bonds. The summed E-state index contributed by atoms with van der Waals surface area (Å²) >= 11 is 0. The van der Waals surface area contributed by atoms with Crippen molar-refractivity contribution in [3.05, 3.63) is 53.3 Å². The number of ether oxygens (including phenoxy) is 2. The van der Waals surface area contributed by atoms with Crippen molar-refractivity contribution >= 4 is 11.9 Å². The zero-order valence-electron chi connectivity index (χ0n) is 14.6. The summed E-state index contributed by atoms with van der Waals surface area (Å²) < 4.78 is 10.9. The summed E-state index contributed by atoms with van der Waals surface area (Å²) in [6, 6.07) is 8.01. The first-order chi connectivity index (χ1) is 12.5. The fraction of sp³-hybridized carbons (Fsp3) is 0.316. The summed E-state index contributed by atoms with van der Waals surface area (Å²) in [7, 11) is 1.52. The van der Waals surface area contributed by atoms with Crippen LogP contribution in [0, 0.1) is 0 Å². The molecule has 1 aromatic heterocycles. The summed E-state index contributed by atoms with van der Waals surface area (Å²) in [6.07, 6.45) is 1.42. The quantitative estimate of drug-likeness (QED) is 0.820. The third kappa shape index (κ3) is 3.33. The molecule has 0 saturated carbocycles. The number of aromatic nitrogens is 1. The number of carbonyl (C=O) groups excluding carboxylic acids is 1. The van der Waals surface area contributed by atoms with Crippen molar-refractivity contribution in [2.75, 3.05) is 13.7 Å². The molecule has 1 aliphatic rings. The molecule has 0 radical (unpaired) electrons. The van der Waals surface area contributed by atoms with Crippen molar-refractivity contribution in [3.8, 4) is 11.5 Å². The van der Waals surface area contributed by atoms with Gasteiger partial charge in [0.2, 0.25) is 0 Å². The summed E-state index contributed by atoms with van der Waals surface area (Å²) in [4.78, 5) is 30.0. The van der Waals surface area contributed by atoms with E-state index >= 15 is 0 Å². The van der Waals surface area contributed by atoms with E-state index in [0.717, 1.165) is 0 Å². The molecule has 7 nitrogen and oxygen atoms in total. The first-order valence-corrected chi connectivity index (χ1v) is 8.32. The summed E-state index contributed by atoms with van der Waals surface area (Å²) in [5, 5.41) is 9.36. The van der Waals surface area contributed by atoms with Gasteiger partial charge >= 0.3 is 5.97 Å². The summed E-state index contributed by atoms with van der Waals surface area (Å²) in [6.45, 7) is 2.63. The lowest BCUT2D eigenvalue weighted by Crippen LogP contribution is -2.31. The van der Waals surface area contributed by atoms with Crippen LogP contribution in [0.25, 0.3) is 0 Å². The van der Waals surface area contributed by atoms with Gasteiger partial charge in [-0.1, -0.05) is 6.07 Å². The van der Waals surface area contributed by atoms with Gasteiger partial charge in [0.1, 0.15) is 0 Å². The highest BCUT2D eigenvalue weighted by molar-refractivity contribution is 5.98. The molecule has 0 saturated heterocycles. The highest BCUT2D eigenvalue weighted by atomic mass is 16.5. The summed E-state index contributed by atoms with van der Waals surface area (Å²) in [5.41, 5.74) is 1.85. The Balaban J connectivity index is 1.97. The molecule has 7 heteroatoms. The highest BCUT2D eigenvalue weighted by Gasteiger charge is 2.35. The first-order valence-electron chi connectivity index (χ1n) is 8.32. The van der Waals surface area contributed by atoms with E-state index in [1.807, 2.05) is 6.92 Å². The van der Waals surface area contributed by atoms with Gasteiger partial charge in [-0.15, -0.1) is 0 Å². The van der Waals surface area contributed by atoms with Crippen LogP contribution in [0.3, 0.4) is 0 Å². The zero-order valence-corrected chi connectivity index (χ0v) is 14.6. The van der Waals surface area contributed by atoms with Crippen LogP contribution in [0.15, 0.2) is 36.5 Å². The Morgan fingerprint density at radius 3 is 2.81 bits per heavy atom. The predicted octanol–water partition coefficient (Wildman–Crippen LogP) is 2.66. The Hall–Kier alpha value is -3.09. The number of fused-ring (bicyclic) bond motifs is 1. The maximum Gasteiger partial charge on any atom is 0.305 e. The van der Waals surface area contributed by atoms with E-state index in [9.17, 15) is 14.7 Å². The third-order valence-electron chi connectivity index (χ3n) is 4.32. The molecule has 2 aromatic rings. The van der Waals surface area contributed by atoms with E-state index in [-0.39, 0.29) is 18.9 Å². The van der Waals surface area contributed by atoms with Crippen LogP contribution in [0.4, 0.5) is 0 Å². The van der Waals surface area contributed by atoms with Crippen molar-refractivity contribution in [1.82, 2.24) is 9.88 Å². The van der Waals surface area contributed by atoms with Crippen LogP contribution in [0.1, 0.15) is 41.0 Å². The SMILES string of the molecule is CCOc1ccc(C(CC(=O)O)N2Cc3ncccc3C2=O)cc1OC. The average Bonchev–Trinajstić information content (AvgIpc) is 2.97. The molecule has 1 aromatic carbocycles. The molecule has 3 rings (SSSR count). The molecule has 26 heavy (non-hydrogen) atoms. The molecule has 0 fully saturated rings. The molecule has 1 aliphatic heterocycles. The molecule has 0 spiro atoms. The normalized spacial score (nSPS) is 14.1. The lowest BCUT2D eigenvalue weighted by Gasteiger charge is -2.27. The van der Waals surface area contributed by atoms with Gasteiger partial charge in [-0.2, -0.15) is 0 Å². The predicted molar refractivity (Wildman–Crippen MR) is 93.3 cm³/mol. The number of hydrogen-bond acceptors (Lipinski definition) is 5. The maximum atomic E-state index is 12.8. The minimum absolute atomic E-state index is 0.211. The largest absolute Gasteiger partial charge is 0.493 e. The molecule has 1 atom stereocenters. The lowest BCUT2D eigenvalue weighted by molar-refractivity contribution is -0.138. The van der Waals surface area contributed by atoms with Gasteiger partial charge in [0.05, 0.1) is 44.0 Å². The summed E-state index contributed by atoms with van der Waals surface area (Å²) in [5.74, 6) is -0.126. The van der Waals surface area contributed by atoms with Crippen molar-refractivity contribution < 1.29 is 24.2 Å². The van der Waals surface area contributed by atoms with Gasteiger partial charge in [0, 0.05) is 6.20 Å². The number of carboxylic acids is 1. The number of hydrogen-bond donors (Lipinski definition) is 1. The van der Waals surface area contributed by atoms with Gasteiger partial charge in [0.25, 0.3) is 5.91 Å². The van der Waals surface area contributed by atoms with E-state index in [1.54, 1.807) is 41.4 Å². The number of aliphatic carboxylic acids is 1. The van der Waals surface area contributed by atoms with E-state index < -0.39 is 12.0 Å². The number of pyridine rings is 1. The van der Waals surface area contributed by atoms with Gasteiger partial charge in [-0.3, -0.25) is 14.6 Å². The second-order valence-electron chi connectivity index (χ2n) is 5.89. The number of carboxylic acid groups (broad SMARTS) is 1. The zero-order chi connectivity index (χ0) is 18.7. The van der Waals surface area contributed by atoms with Crippen molar-refractivity contribution in [1.29, 1.82) is 0 Å². The molecule has 1 N–H and O–H groups in total. The number of methoxy groups -OCH3 is 1. The smallest absolute Gasteiger partial charge is 0.305 e. The van der Waals surface area contributed by atoms with Crippen molar-refractivity contribution in [2.45, 2.75) is 25.9 Å². The first kappa shape index (κ1) is 17.7. The topological polar surface area (TPSA) is 89.0 Å². The van der Waals surface area contributed by atoms with Gasteiger partial charge < -0.3 is 19.5 Å². The molecule has 0 bridgehead atoms. The Bertz CT molecular complexity index is 836. The standard InChI is InChI=1S/C19H20N2O5/c1-3-26-16-7-6-12(9-17(16)25-2)15(10-18(22)23)21-11-14-13(19(21)24)5-4-8-20-14/h4-9,15H,3,10-11H2,1-2H3,(H,22,23). The van der Waals surface area contributed by atoms with Crippen LogP contribution < -0.4 is 9.47 Å². The van der Waals surface area contributed by atoms with Crippen molar-refractivity contribution in [2.24, 2.45) is 0 Å². The van der Waals surface area contributed by atoms with Crippen LogP contribution in [-0.2, 0) is 11.3 Å². The Labute approximate surface area is 151 Å². The van der Waals surface area contributed by atoms with Crippen LogP contribution in [0.2, 0.25) is 0 Å². The number of amides is 1. The van der Waals surface area contributed by atoms with E-state index in [2.05, 4.69) is 4.98 Å². The van der Waals surface area contributed by atoms with Gasteiger partial charge in [-0.05, 0) is 36.8 Å². The van der Waals surface area contributed by atoms with E-state index in [1.165, 1.54) is 7.11 Å². The molecule has 2 heterocycles. The maximum absolute atomic E-state index is 12.8. The third-order valence-corrected chi connectivity index (χ3v) is 4.32. The molecule has 136 valence electrons. The number of nitrogens with zero attached hydrogens (tertiary/aromatic N) is 2. The second-order valence-corrected chi connectivity index (χ2v) is 5.89. The Kier molecular flexibility index (Phi) is 5.06. The highest BCUT2D eigenvalue weighted by Crippen LogP contribution is 2.36. The molecule has 1 unspecified atom stereocenters. The molecular formula is C19H20N2O5. The van der Waals surface area contributed by atoms with Crippen LogP contribution in [-0.4, -0.2) is 40.6 Å². The number of carbonyl (C=O) groups is 2. The number of benzene rings is 1. The van der Waals surface area contributed by atoms with Gasteiger partial charge in [-0.25, -0.2) is 0 Å². The second kappa shape index (κ2) is 7.43. The lowest BCUT2D eigenvalue weighted by atomic mass is 10.0. The van der Waals surface area contributed by atoms with Crippen molar-refractivity contribution in [3.63, 3.8) is 0 Å². The van der Waals surface area contributed by atoms with Crippen LogP contribution in [0.5, 0.6) is 11.5 Å². The average molecular weight is 356 g/mol. The fourth-order valence-electron chi connectivity index (χ4n) is 3.14. The molecular weight excluding hydrogens is 336 g/mol. The Morgan fingerprint density at radius 2 is 2.15 bits per heavy atom. The fourth-order valence-corrected chi connectivity index (χ4v) is 3.14. The molecule has 0 aliphatic carbocycles. The Morgan fingerprint density at radius 1 is 1.35 bits per heavy atom. The van der Waals surface area contributed by atoms with E-state index in [0.29, 0.717) is 34.9 Å². The van der Waals surface area contributed by atoms with Gasteiger partial charge in [0.15, 0.2) is 11.5 Å². The minimum atomic E-state index is -0.987.